The summed E-state index contributed by atoms with van der Waals surface area (Å²) in [6, 6.07) is 15.9. The molecule has 1 aliphatic rings. The lowest BCUT2D eigenvalue weighted by atomic mass is 9.89. The van der Waals surface area contributed by atoms with Gasteiger partial charge in [0.15, 0.2) is 0 Å². The SMILES string of the molecule is CC(C)c1ccc(C2N[C@H](C(=O)O)Cc3c2[nH]c2ccccc32)cc1. The molecule has 0 spiro atoms. The van der Waals surface area contributed by atoms with Gasteiger partial charge in [-0.05, 0) is 28.7 Å². The van der Waals surface area contributed by atoms with E-state index in [0.29, 0.717) is 12.3 Å². The van der Waals surface area contributed by atoms with Crippen LogP contribution in [0.5, 0.6) is 0 Å². The number of H-pyrrole nitrogens is 1. The van der Waals surface area contributed by atoms with E-state index in [1.807, 2.05) is 18.2 Å². The van der Waals surface area contributed by atoms with Crippen molar-refractivity contribution in [2.45, 2.75) is 38.3 Å². The number of carboxylic acids is 1. The molecule has 3 aromatic rings. The molecule has 4 nitrogen and oxygen atoms in total. The molecule has 4 heteroatoms. The number of aliphatic carboxylic acids is 1. The fourth-order valence-corrected chi connectivity index (χ4v) is 3.73. The smallest absolute Gasteiger partial charge is 0.321 e. The maximum absolute atomic E-state index is 11.7. The molecule has 0 bridgehead atoms. The summed E-state index contributed by atoms with van der Waals surface area (Å²) in [6.07, 6.45) is 0.495. The molecule has 0 saturated carbocycles. The zero-order valence-corrected chi connectivity index (χ0v) is 14.4. The average molecular weight is 334 g/mol. The van der Waals surface area contributed by atoms with Crippen molar-refractivity contribution >= 4 is 16.9 Å². The predicted octanol–water partition coefficient (Wildman–Crippen LogP) is 3.98. The fraction of sp³-hybridized carbons (Fsp3) is 0.286. The molecule has 0 saturated heterocycles. The van der Waals surface area contributed by atoms with E-state index >= 15 is 0 Å². The Balaban J connectivity index is 1.83. The Bertz CT molecular complexity index is 925. The van der Waals surface area contributed by atoms with Crippen molar-refractivity contribution in [3.8, 4) is 0 Å². The molecule has 0 amide bonds. The second-order valence-corrected chi connectivity index (χ2v) is 7.08. The van der Waals surface area contributed by atoms with E-state index in [9.17, 15) is 9.90 Å². The van der Waals surface area contributed by atoms with Crippen LogP contribution in [0.2, 0.25) is 0 Å². The van der Waals surface area contributed by atoms with Gasteiger partial charge in [0, 0.05) is 23.0 Å². The van der Waals surface area contributed by atoms with Crippen molar-refractivity contribution in [2.75, 3.05) is 0 Å². The van der Waals surface area contributed by atoms with Crippen LogP contribution in [-0.2, 0) is 11.2 Å². The second-order valence-electron chi connectivity index (χ2n) is 7.08. The number of fused-ring (bicyclic) bond motifs is 3. The summed E-state index contributed by atoms with van der Waals surface area (Å²) in [6.45, 7) is 4.34. The molecule has 1 aromatic heterocycles. The number of carboxylic acid groups (broad SMARTS) is 1. The molecule has 1 unspecified atom stereocenters. The van der Waals surface area contributed by atoms with Gasteiger partial charge in [-0.25, -0.2) is 0 Å². The molecular weight excluding hydrogens is 312 g/mol. The number of para-hydroxylation sites is 1. The van der Waals surface area contributed by atoms with Gasteiger partial charge >= 0.3 is 5.97 Å². The third kappa shape index (κ3) is 2.72. The summed E-state index contributed by atoms with van der Waals surface area (Å²) in [5.41, 5.74) is 5.62. The number of benzene rings is 2. The van der Waals surface area contributed by atoms with E-state index in [1.54, 1.807) is 0 Å². The summed E-state index contributed by atoms with van der Waals surface area (Å²) < 4.78 is 0. The van der Waals surface area contributed by atoms with Gasteiger partial charge in [0.25, 0.3) is 0 Å². The summed E-state index contributed by atoms with van der Waals surface area (Å²) in [7, 11) is 0. The highest BCUT2D eigenvalue weighted by atomic mass is 16.4. The van der Waals surface area contributed by atoms with Gasteiger partial charge in [0.05, 0.1) is 6.04 Å². The summed E-state index contributed by atoms with van der Waals surface area (Å²) in [4.78, 5) is 15.2. The Morgan fingerprint density at radius 3 is 2.52 bits per heavy atom. The van der Waals surface area contributed by atoms with Crippen molar-refractivity contribution in [3.63, 3.8) is 0 Å². The normalized spacial score (nSPS) is 20.0. The van der Waals surface area contributed by atoms with Crippen LogP contribution in [0.4, 0.5) is 0 Å². The van der Waals surface area contributed by atoms with Gasteiger partial charge in [0.2, 0.25) is 0 Å². The highest BCUT2D eigenvalue weighted by Gasteiger charge is 2.33. The standard InChI is InChI=1S/C21H22N2O2/c1-12(2)13-7-9-14(10-8-13)19-20-16(11-18(23-19)21(24)25)15-5-3-4-6-17(15)22-20/h3-10,12,18-19,22-23H,11H2,1-2H3,(H,24,25)/t18-,19?/m0/s1. The Morgan fingerprint density at radius 2 is 1.84 bits per heavy atom. The molecule has 25 heavy (non-hydrogen) atoms. The van der Waals surface area contributed by atoms with Gasteiger partial charge in [0.1, 0.15) is 6.04 Å². The number of hydrogen-bond donors (Lipinski definition) is 3. The molecule has 1 aliphatic heterocycles. The van der Waals surface area contributed by atoms with Crippen LogP contribution in [0, 0.1) is 0 Å². The lowest BCUT2D eigenvalue weighted by Gasteiger charge is -2.29. The zero-order valence-electron chi connectivity index (χ0n) is 14.4. The number of hydrogen-bond acceptors (Lipinski definition) is 2. The van der Waals surface area contributed by atoms with Gasteiger partial charge in [-0.2, -0.15) is 0 Å². The van der Waals surface area contributed by atoms with Crippen LogP contribution in [-0.4, -0.2) is 22.1 Å². The van der Waals surface area contributed by atoms with Gasteiger partial charge in [-0.3, -0.25) is 10.1 Å². The monoisotopic (exact) mass is 334 g/mol. The molecule has 0 fully saturated rings. The molecule has 2 heterocycles. The summed E-state index contributed by atoms with van der Waals surface area (Å²) in [5, 5.41) is 14.0. The highest BCUT2D eigenvalue weighted by molar-refractivity contribution is 5.87. The maximum Gasteiger partial charge on any atom is 0.321 e. The molecule has 0 aliphatic carbocycles. The van der Waals surface area contributed by atoms with Gasteiger partial charge < -0.3 is 10.1 Å². The van der Waals surface area contributed by atoms with Crippen LogP contribution in [0.25, 0.3) is 10.9 Å². The first-order valence-corrected chi connectivity index (χ1v) is 8.73. The van der Waals surface area contributed by atoms with E-state index in [0.717, 1.165) is 27.7 Å². The summed E-state index contributed by atoms with van der Waals surface area (Å²) >= 11 is 0. The van der Waals surface area contributed by atoms with Crippen molar-refractivity contribution in [1.82, 2.24) is 10.3 Å². The zero-order chi connectivity index (χ0) is 17.6. The first kappa shape index (κ1) is 15.9. The number of carbonyl (C=O) groups is 1. The van der Waals surface area contributed by atoms with E-state index in [2.05, 4.69) is 54.5 Å². The minimum atomic E-state index is -0.806. The molecule has 2 aromatic carbocycles. The van der Waals surface area contributed by atoms with Crippen molar-refractivity contribution in [1.29, 1.82) is 0 Å². The molecular formula is C21H22N2O2. The average Bonchev–Trinajstić information content (AvgIpc) is 2.99. The van der Waals surface area contributed by atoms with Crippen LogP contribution >= 0.6 is 0 Å². The van der Waals surface area contributed by atoms with E-state index < -0.39 is 12.0 Å². The van der Waals surface area contributed by atoms with Gasteiger partial charge in [-0.15, -0.1) is 0 Å². The fourth-order valence-electron chi connectivity index (χ4n) is 3.73. The highest BCUT2D eigenvalue weighted by Crippen LogP contribution is 2.35. The minimum absolute atomic E-state index is 0.140. The molecule has 128 valence electrons. The third-order valence-corrected chi connectivity index (χ3v) is 5.15. The Morgan fingerprint density at radius 1 is 1.12 bits per heavy atom. The predicted molar refractivity (Wildman–Crippen MR) is 98.9 cm³/mol. The van der Waals surface area contributed by atoms with Crippen LogP contribution in [0.3, 0.4) is 0 Å². The molecule has 2 atom stereocenters. The van der Waals surface area contributed by atoms with Crippen LogP contribution in [0.15, 0.2) is 48.5 Å². The Kier molecular flexibility index (Phi) is 3.85. The van der Waals surface area contributed by atoms with Gasteiger partial charge in [-0.1, -0.05) is 56.3 Å². The van der Waals surface area contributed by atoms with Crippen molar-refractivity contribution in [2.24, 2.45) is 0 Å². The number of aromatic nitrogens is 1. The van der Waals surface area contributed by atoms with Crippen molar-refractivity contribution < 1.29 is 9.90 Å². The van der Waals surface area contributed by atoms with Crippen molar-refractivity contribution in [3.05, 3.63) is 70.9 Å². The topological polar surface area (TPSA) is 65.1 Å². The first-order valence-electron chi connectivity index (χ1n) is 8.73. The Labute approximate surface area is 146 Å². The van der Waals surface area contributed by atoms with Crippen LogP contribution < -0.4 is 5.32 Å². The maximum atomic E-state index is 11.7. The number of aromatic amines is 1. The molecule has 3 N–H and O–H groups in total. The largest absolute Gasteiger partial charge is 0.480 e. The van der Waals surface area contributed by atoms with E-state index in [-0.39, 0.29) is 6.04 Å². The number of nitrogens with one attached hydrogen (secondary N) is 2. The lowest BCUT2D eigenvalue weighted by molar-refractivity contribution is -0.139. The Hall–Kier alpha value is -2.59. The van der Waals surface area contributed by atoms with E-state index in [4.69, 9.17) is 0 Å². The third-order valence-electron chi connectivity index (χ3n) is 5.15. The first-order chi connectivity index (χ1) is 12.0. The minimum Gasteiger partial charge on any atom is -0.480 e. The number of rotatable bonds is 3. The molecule has 4 rings (SSSR count). The summed E-state index contributed by atoms with van der Waals surface area (Å²) in [5.74, 6) is -0.330. The van der Waals surface area contributed by atoms with E-state index in [1.165, 1.54) is 5.56 Å². The second kappa shape index (κ2) is 6.05. The quantitative estimate of drug-likeness (QED) is 0.679. The van der Waals surface area contributed by atoms with Crippen LogP contribution in [0.1, 0.15) is 48.2 Å². The lowest BCUT2D eigenvalue weighted by Crippen LogP contribution is -2.44. The molecule has 0 radical (unpaired) electrons.